The normalized spacial score (nSPS) is 15.0. The van der Waals surface area contributed by atoms with Crippen molar-refractivity contribution in [3.05, 3.63) is 110 Å². The summed E-state index contributed by atoms with van der Waals surface area (Å²) in [6, 6.07) is 20.1. The Labute approximate surface area is 221 Å². The molecule has 0 saturated carbocycles. The van der Waals surface area contributed by atoms with Crippen molar-refractivity contribution in [1.29, 1.82) is 0 Å². The monoisotopic (exact) mass is 516 g/mol. The molecule has 1 amide bonds. The van der Waals surface area contributed by atoms with E-state index in [-0.39, 0.29) is 17.1 Å². The molecule has 0 spiro atoms. The quantitative estimate of drug-likeness (QED) is 0.301. The van der Waals surface area contributed by atoms with Crippen LogP contribution >= 0.6 is 11.6 Å². The third-order valence-corrected chi connectivity index (χ3v) is 7.14. The maximum atomic E-state index is 13.8. The lowest BCUT2D eigenvalue weighted by atomic mass is 9.98. The van der Waals surface area contributed by atoms with Crippen LogP contribution in [0, 0.1) is 0 Å². The van der Waals surface area contributed by atoms with E-state index in [0.29, 0.717) is 47.0 Å². The maximum Gasteiger partial charge on any atom is 0.290 e. The standard InChI is InChI=1S/C30H29ClN2O4/c1-4-19-9-14-25-23(17-19)28(34)26-27(33(16-15-32(2)3)30(35)29(26)37-25)20-10-12-22(13-11-20)36-18-21-7-5-6-8-24(21)31/h5-14,17,27H,4,15-16,18H2,1-3H3. The van der Waals surface area contributed by atoms with Crippen LogP contribution in [0.4, 0.5) is 0 Å². The number of nitrogens with zero attached hydrogens (tertiary/aromatic N) is 2. The minimum atomic E-state index is -0.536. The van der Waals surface area contributed by atoms with E-state index in [2.05, 4.69) is 0 Å². The number of likely N-dealkylation sites (N-methyl/N-ethyl adjacent to an activating group) is 1. The fourth-order valence-electron chi connectivity index (χ4n) is 4.70. The van der Waals surface area contributed by atoms with E-state index in [1.165, 1.54) is 0 Å². The Morgan fingerprint density at radius 3 is 2.49 bits per heavy atom. The molecule has 37 heavy (non-hydrogen) atoms. The zero-order valence-corrected chi connectivity index (χ0v) is 21.9. The van der Waals surface area contributed by atoms with Crippen LogP contribution in [0.25, 0.3) is 11.0 Å². The van der Waals surface area contributed by atoms with Crippen molar-refractivity contribution in [2.45, 2.75) is 26.0 Å². The summed E-state index contributed by atoms with van der Waals surface area (Å²) in [5.41, 5.74) is 3.45. The molecule has 3 aromatic carbocycles. The first-order chi connectivity index (χ1) is 17.9. The van der Waals surface area contributed by atoms with Crippen LogP contribution in [0.1, 0.15) is 45.8 Å². The van der Waals surface area contributed by atoms with Crippen molar-refractivity contribution in [3.63, 3.8) is 0 Å². The van der Waals surface area contributed by atoms with Crippen LogP contribution in [0.5, 0.6) is 5.75 Å². The van der Waals surface area contributed by atoms with Crippen LogP contribution in [-0.4, -0.2) is 42.9 Å². The molecule has 1 unspecified atom stereocenters. The Morgan fingerprint density at radius 2 is 1.78 bits per heavy atom. The fourth-order valence-corrected chi connectivity index (χ4v) is 4.89. The van der Waals surface area contributed by atoms with Crippen LogP contribution in [0.3, 0.4) is 0 Å². The Bertz CT molecular complexity index is 1510. The lowest BCUT2D eigenvalue weighted by Gasteiger charge is -2.26. The molecule has 1 aliphatic rings. The lowest BCUT2D eigenvalue weighted by molar-refractivity contribution is 0.0716. The number of halogens is 1. The van der Waals surface area contributed by atoms with Gasteiger partial charge in [0.25, 0.3) is 5.91 Å². The van der Waals surface area contributed by atoms with Crippen molar-refractivity contribution in [3.8, 4) is 5.75 Å². The first-order valence-corrected chi connectivity index (χ1v) is 12.8. The molecular formula is C30H29ClN2O4. The van der Waals surface area contributed by atoms with Gasteiger partial charge in [0.1, 0.15) is 17.9 Å². The summed E-state index contributed by atoms with van der Waals surface area (Å²) in [6.45, 7) is 3.50. The molecule has 0 radical (unpaired) electrons. The number of amides is 1. The van der Waals surface area contributed by atoms with E-state index in [4.69, 9.17) is 20.8 Å². The number of ether oxygens (including phenoxy) is 1. The number of rotatable bonds is 8. The van der Waals surface area contributed by atoms with Gasteiger partial charge in [0.2, 0.25) is 5.76 Å². The largest absolute Gasteiger partial charge is 0.489 e. The summed E-state index contributed by atoms with van der Waals surface area (Å²) in [6.07, 6.45) is 0.805. The van der Waals surface area contributed by atoms with E-state index in [9.17, 15) is 9.59 Å². The number of hydrogen-bond acceptors (Lipinski definition) is 5. The molecule has 4 aromatic rings. The van der Waals surface area contributed by atoms with Gasteiger partial charge in [-0.25, -0.2) is 0 Å². The van der Waals surface area contributed by atoms with Gasteiger partial charge in [0.05, 0.1) is 17.0 Å². The highest BCUT2D eigenvalue weighted by Crippen LogP contribution is 2.38. The zero-order chi connectivity index (χ0) is 26.1. The highest BCUT2D eigenvalue weighted by atomic mass is 35.5. The van der Waals surface area contributed by atoms with Crippen molar-refractivity contribution in [1.82, 2.24) is 9.80 Å². The number of aryl methyl sites for hydroxylation is 1. The van der Waals surface area contributed by atoms with E-state index < -0.39 is 6.04 Å². The summed E-state index contributed by atoms with van der Waals surface area (Å²) < 4.78 is 12.0. The summed E-state index contributed by atoms with van der Waals surface area (Å²) in [5.74, 6) is 0.537. The molecule has 7 heteroatoms. The van der Waals surface area contributed by atoms with Gasteiger partial charge in [-0.1, -0.05) is 54.9 Å². The molecule has 0 fully saturated rings. The molecule has 0 saturated heterocycles. The van der Waals surface area contributed by atoms with Crippen LogP contribution in [-0.2, 0) is 13.0 Å². The molecule has 5 rings (SSSR count). The molecule has 1 aromatic heterocycles. The minimum absolute atomic E-state index is 0.129. The molecule has 0 N–H and O–H groups in total. The molecule has 6 nitrogen and oxygen atoms in total. The second-order valence-corrected chi connectivity index (χ2v) is 9.92. The number of benzene rings is 3. The molecule has 0 bridgehead atoms. The summed E-state index contributed by atoms with van der Waals surface area (Å²) >= 11 is 6.25. The summed E-state index contributed by atoms with van der Waals surface area (Å²) in [4.78, 5) is 31.0. The number of carbonyl (C=O) groups excluding carboxylic acids is 1. The Kier molecular flexibility index (Phi) is 7.04. The Balaban J connectivity index is 1.52. The zero-order valence-electron chi connectivity index (χ0n) is 21.2. The molecule has 190 valence electrons. The van der Waals surface area contributed by atoms with Gasteiger partial charge in [-0.05, 0) is 62.0 Å². The van der Waals surface area contributed by atoms with Gasteiger partial charge in [0.15, 0.2) is 5.43 Å². The van der Waals surface area contributed by atoms with Crippen molar-refractivity contribution in [2.24, 2.45) is 0 Å². The van der Waals surface area contributed by atoms with Gasteiger partial charge in [-0.2, -0.15) is 0 Å². The van der Waals surface area contributed by atoms with Crippen LogP contribution in [0.2, 0.25) is 5.02 Å². The predicted molar refractivity (Wildman–Crippen MR) is 146 cm³/mol. The number of carbonyl (C=O) groups is 1. The Morgan fingerprint density at radius 1 is 1.03 bits per heavy atom. The van der Waals surface area contributed by atoms with Crippen LogP contribution < -0.4 is 10.2 Å². The van der Waals surface area contributed by atoms with E-state index in [1.807, 2.05) is 86.6 Å². The van der Waals surface area contributed by atoms with Gasteiger partial charge < -0.3 is 19.0 Å². The average molecular weight is 517 g/mol. The smallest absolute Gasteiger partial charge is 0.290 e. The topological polar surface area (TPSA) is 63.0 Å². The van der Waals surface area contributed by atoms with E-state index >= 15 is 0 Å². The van der Waals surface area contributed by atoms with Gasteiger partial charge in [0, 0.05) is 23.7 Å². The third-order valence-electron chi connectivity index (χ3n) is 6.77. The number of hydrogen-bond donors (Lipinski definition) is 0. The molecule has 0 aliphatic carbocycles. The average Bonchev–Trinajstić information content (AvgIpc) is 3.18. The summed E-state index contributed by atoms with van der Waals surface area (Å²) in [5, 5.41) is 1.16. The van der Waals surface area contributed by atoms with Gasteiger partial charge in [-0.3, -0.25) is 9.59 Å². The molecule has 2 heterocycles. The lowest BCUT2D eigenvalue weighted by Crippen LogP contribution is -2.35. The second kappa shape index (κ2) is 10.4. The minimum Gasteiger partial charge on any atom is -0.489 e. The molecule has 1 aliphatic heterocycles. The highest BCUT2D eigenvalue weighted by molar-refractivity contribution is 6.31. The van der Waals surface area contributed by atoms with Crippen molar-refractivity contribution < 1.29 is 13.9 Å². The van der Waals surface area contributed by atoms with Gasteiger partial charge in [-0.15, -0.1) is 0 Å². The van der Waals surface area contributed by atoms with E-state index in [1.54, 1.807) is 11.0 Å². The molecule has 1 atom stereocenters. The van der Waals surface area contributed by atoms with Crippen molar-refractivity contribution >= 4 is 28.5 Å². The van der Waals surface area contributed by atoms with E-state index in [0.717, 1.165) is 23.1 Å². The van der Waals surface area contributed by atoms with Crippen molar-refractivity contribution in [2.75, 3.05) is 27.2 Å². The van der Waals surface area contributed by atoms with Gasteiger partial charge >= 0.3 is 0 Å². The third kappa shape index (κ3) is 4.87. The Hall–Kier alpha value is -3.61. The fraction of sp³-hybridized carbons (Fsp3) is 0.267. The molecular weight excluding hydrogens is 488 g/mol. The van der Waals surface area contributed by atoms with Crippen LogP contribution in [0.15, 0.2) is 75.9 Å². The highest BCUT2D eigenvalue weighted by Gasteiger charge is 2.42. The maximum absolute atomic E-state index is 13.8. The predicted octanol–water partition coefficient (Wildman–Crippen LogP) is 5.69. The SMILES string of the molecule is CCc1ccc2oc3c(c(=O)c2c1)C(c1ccc(OCc2ccccc2Cl)cc1)N(CCN(C)C)C3=O. The second-order valence-electron chi connectivity index (χ2n) is 9.51. The first-order valence-electron chi connectivity index (χ1n) is 12.4. The first kappa shape index (κ1) is 25.1. The number of fused-ring (bicyclic) bond motifs is 2. The summed E-state index contributed by atoms with van der Waals surface area (Å²) in [7, 11) is 3.91.